The third-order valence-corrected chi connectivity index (χ3v) is 6.30. The number of nitrogens with one attached hydrogen (secondary N) is 2. The summed E-state index contributed by atoms with van der Waals surface area (Å²) in [6.07, 6.45) is -2.45. The smallest absolute Gasteiger partial charge is 0.416 e. The van der Waals surface area contributed by atoms with Crippen molar-refractivity contribution < 1.29 is 27.5 Å². The summed E-state index contributed by atoms with van der Waals surface area (Å²) in [5, 5.41) is 13.3. The van der Waals surface area contributed by atoms with Crippen LogP contribution in [0.5, 0.6) is 5.75 Å². The van der Waals surface area contributed by atoms with E-state index in [0.717, 1.165) is 48.1 Å². The number of anilines is 2. The van der Waals surface area contributed by atoms with Gasteiger partial charge in [0.1, 0.15) is 5.75 Å². The minimum atomic E-state index is -4.44. The van der Waals surface area contributed by atoms with Crippen LogP contribution < -0.4 is 15.4 Å². The van der Waals surface area contributed by atoms with E-state index in [1.165, 1.54) is 12.1 Å². The number of amides is 2. The summed E-state index contributed by atoms with van der Waals surface area (Å²) < 4.78 is 43.8. The Morgan fingerprint density at radius 1 is 1.03 bits per heavy atom. The molecule has 0 aliphatic carbocycles. The van der Waals surface area contributed by atoms with Gasteiger partial charge in [-0.3, -0.25) is 14.9 Å². The summed E-state index contributed by atoms with van der Waals surface area (Å²) in [5.41, 5.74) is -0.103. The van der Waals surface area contributed by atoms with Crippen molar-refractivity contribution in [3.63, 3.8) is 0 Å². The molecule has 180 valence electrons. The van der Waals surface area contributed by atoms with Crippen LogP contribution in [-0.4, -0.2) is 34.4 Å². The molecule has 0 atom stereocenters. The lowest BCUT2D eigenvalue weighted by molar-refractivity contribution is -0.137. The van der Waals surface area contributed by atoms with Gasteiger partial charge in [-0.25, -0.2) is 0 Å². The number of ether oxygens (including phenoxy) is 1. The number of alkyl halides is 3. The van der Waals surface area contributed by atoms with E-state index < -0.39 is 17.6 Å². The van der Waals surface area contributed by atoms with E-state index in [9.17, 15) is 22.8 Å². The molecule has 0 aliphatic rings. The minimum absolute atomic E-state index is 0.0247. The molecular weight excluding hydrogens is 489 g/mol. The molecule has 0 bridgehead atoms. The number of carbonyl (C=O) groups is 2. The largest absolute Gasteiger partial charge is 0.494 e. The topological polar surface area (TPSA) is 93.2 Å². The van der Waals surface area contributed by atoms with Gasteiger partial charge >= 0.3 is 6.18 Å². The molecule has 1 aromatic heterocycles. The Labute approximate surface area is 202 Å². The van der Waals surface area contributed by atoms with E-state index >= 15 is 0 Å². The van der Waals surface area contributed by atoms with Crippen LogP contribution in [0.3, 0.4) is 0 Å². The zero-order chi connectivity index (χ0) is 24.6. The van der Waals surface area contributed by atoms with Crippen molar-refractivity contribution in [2.24, 2.45) is 0 Å². The molecule has 2 N–H and O–H groups in total. The lowest BCUT2D eigenvalue weighted by Crippen LogP contribution is -2.14. The molecule has 0 spiro atoms. The highest BCUT2D eigenvalue weighted by molar-refractivity contribution is 8.01. The fourth-order valence-electron chi connectivity index (χ4n) is 2.59. The quantitative estimate of drug-likeness (QED) is 0.206. The number of rotatable bonds is 10. The maximum Gasteiger partial charge on any atom is 0.416 e. The summed E-state index contributed by atoms with van der Waals surface area (Å²) in [5.74, 6) is -0.0999. The molecule has 2 amide bonds. The van der Waals surface area contributed by atoms with E-state index in [-0.39, 0.29) is 22.5 Å². The number of thioether (sulfide) groups is 1. The molecule has 0 saturated heterocycles. The molecule has 1 heterocycles. The average molecular weight is 511 g/mol. The third kappa shape index (κ3) is 7.73. The molecule has 12 heteroatoms. The molecule has 0 saturated carbocycles. The van der Waals surface area contributed by atoms with Crippen LogP contribution >= 0.6 is 23.1 Å². The zero-order valence-electron chi connectivity index (χ0n) is 18.0. The second-order valence-electron chi connectivity index (χ2n) is 6.97. The monoisotopic (exact) mass is 510 g/mol. The van der Waals surface area contributed by atoms with Gasteiger partial charge in [-0.05, 0) is 55.0 Å². The predicted molar refractivity (Wildman–Crippen MR) is 126 cm³/mol. The molecule has 3 rings (SSSR count). The SMILES string of the molecule is CCCCOc1ccc(C(=O)Nc2nnc(SCC(=O)Nc3ccc(C(F)(F)F)cc3)s2)cc1. The van der Waals surface area contributed by atoms with Gasteiger partial charge in [-0.1, -0.05) is 36.4 Å². The molecule has 0 fully saturated rings. The van der Waals surface area contributed by atoms with Crippen molar-refractivity contribution in [1.82, 2.24) is 10.2 Å². The number of hydrogen-bond acceptors (Lipinski definition) is 7. The van der Waals surface area contributed by atoms with Crippen LogP contribution in [0.2, 0.25) is 0 Å². The number of nitrogens with zero attached hydrogens (tertiary/aromatic N) is 2. The van der Waals surface area contributed by atoms with Gasteiger partial charge < -0.3 is 10.1 Å². The molecule has 2 aromatic carbocycles. The number of halogens is 3. The van der Waals surface area contributed by atoms with Crippen molar-refractivity contribution in [2.75, 3.05) is 23.0 Å². The summed E-state index contributed by atoms with van der Waals surface area (Å²) in [6, 6.07) is 10.9. The fourth-order valence-corrected chi connectivity index (χ4v) is 4.14. The average Bonchev–Trinajstić information content (AvgIpc) is 3.25. The highest BCUT2D eigenvalue weighted by atomic mass is 32.2. The Balaban J connectivity index is 1.46. The Kier molecular flexibility index (Phi) is 8.88. The number of unbranched alkanes of at least 4 members (excludes halogenated alkanes) is 1. The van der Waals surface area contributed by atoms with Gasteiger partial charge in [-0.2, -0.15) is 13.2 Å². The predicted octanol–water partition coefficient (Wildman–Crippen LogP) is 5.72. The first kappa shape index (κ1) is 25.5. The number of carbonyl (C=O) groups excluding carboxylic acids is 2. The summed E-state index contributed by atoms with van der Waals surface area (Å²) in [4.78, 5) is 24.5. The highest BCUT2D eigenvalue weighted by Gasteiger charge is 2.30. The molecule has 3 aromatic rings. The Hall–Kier alpha value is -3.12. The second-order valence-corrected chi connectivity index (χ2v) is 9.17. The van der Waals surface area contributed by atoms with Crippen molar-refractivity contribution >= 4 is 45.7 Å². The van der Waals surface area contributed by atoms with Crippen LogP contribution in [0.25, 0.3) is 0 Å². The molecule has 34 heavy (non-hydrogen) atoms. The van der Waals surface area contributed by atoms with E-state index in [2.05, 4.69) is 27.8 Å². The van der Waals surface area contributed by atoms with Crippen molar-refractivity contribution in [3.05, 3.63) is 59.7 Å². The summed E-state index contributed by atoms with van der Waals surface area (Å²) >= 11 is 2.20. The summed E-state index contributed by atoms with van der Waals surface area (Å²) in [7, 11) is 0. The van der Waals surface area contributed by atoms with Crippen molar-refractivity contribution in [2.45, 2.75) is 30.3 Å². The number of aromatic nitrogens is 2. The number of benzene rings is 2. The number of hydrogen-bond donors (Lipinski definition) is 2. The van der Waals surface area contributed by atoms with Crippen LogP contribution in [0.15, 0.2) is 52.9 Å². The normalized spacial score (nSPS) is 11.2. The highest BCUT2D eigenvalue weighted by Crippen LogP contribution is 2.30. The van der Waals surface area contributed by atoms with E-state index in [1.54, 1.807) is 24.3 Å². The minimum Gasteiger partial charge on any atom is -0.494 e. The molecule has 7 nitrogen and oxygen atoms in total. The fraction of sp³-hybridized carbons (Fsp3) is 0.273. The van der Waals surface area contributed by atoms with Gasteiger partial charge in [0.15, 0.2) is 4.34 Å². The first-order valence-electron chi connectivity index (χ1n) is 10.2. The van der Waals surface area contributed by atoms with Crippen LogP contribution in [0, 0.1) is 0 Å². The van der Waals surface area contributed by atoms with Crippen LogP contribution in [0.1, 0.15) is 35.7 Å². The van der Waals surface area contributed by atoms with Crippen molar-refractivity contribution in [1.29, 1.82) is 0 Å². The van der Waals surface area contributed by atoms with Gasteiger partial charge in [-0.15, -0.1) is 10.2 Å². The maximum absolute atomic E-state index is 12.6. The zero-order valence-corrected chi connectivity index (χ0v) is 19.6. The second kappa shape index (κ2) is 11.8. The Bertz CT molecular complexity index is 1100. The first-order chi connectivity index (χ1) is 16.2. The van der Waals surface area contributed by atoms with Crippen molar-refractivity contribution in [3.8, 4) is 5.75 Å². The van der Waals surface area contributed by atoms with E-state index in [1.807, 2.05) is 0 Å². The Morgan fingerprint density at radius 3 is 2.38 bits per heavy atom. The van der Waals surface area contributed by atoms with Gasteiger partial charge in [0, 0.05) is 11.3 Å². The summed E-state index contributed by atoms with van der Waals surface area (Å²) in [6.45, 7) is 2.70. The van der Waals surface area contributed by atoms with E-state index in [4.69, 9.17) is 4.74 Å². The molecule has 0 radical (unpaired) electrons. The van der Waals surface area contributed by atoms with Crippen LogP contribution in [-0.2, 0) is 11.0 Å². The van der Waals surface area contributed by atoms with Gasteiger partial charge in [0.25, 0.3) is 5.91 Å². The third-order valence-electron chi connectivity index (χ3n) is 4.33. The van der Waals surface area contributed by atoms with Gasteiger partial charge in [0.05, 0.1) is 17.9 Å². The lowest BCUT2D eigenvalue weighted by atomic mass is 10.2. The Morgan fingerprint density at radius 2 is 1.74 bits per heavy atom. The van der Waals surface area contributed by atoms with Crippen LogP contribution in [0.4, 0.5) is 24.0 Å². The molecule has 0 unspecified atom stereocenters. The first-order valence-corrected chi connectivity index (χ1v) is 12.0. The maximum atomic E-state index is 12.6. The van der Waals surface area contributed by atoms with E-state index in [0.29, 0.717) is 22.3 Å². The standard InChI is InChI=1S/C22H21F3N4O3S2/c1-2-3-12-32-17-10-4-14(5-11-17)19(31)27-20-28-29-21(34-20)33-13-18(30)26-16-8-6-15(7-9-16)22(23,24)25/h4-11H,2-3,12-13H2,1H3,(H,26,30)(H,27,28,31). The molecule has 0 aliphatic heterocycles. The lowest BCUT2D eigenvalue weighted by Gasteiger charge is -2.08. The van der Waals surface area contributed by atoms with Gasteiger partial charge in [0.2, 0.25) is 11.0 Å². The molecular formula is C22H21F3N4O3S2.